The number of benzene rings is 1. The van der Waals surface area contributed by atoms with E-state index in [9.17, 15) is 4.79 Å². The Hall–Kier alpha value is -3.81. The zero-order chi connectivity index (χ0) is 20.8. The summed E-state index contributed by atoms with van der Waals surface area (Å²) in [4.78, 5) is 12.3. The number of nitrogens with zero attached hydrogens (tertiary/aromatic N) is 3. The van der Waals surface area contributed by atoms with Gasteiger partial charge in [0.1, 0.15) is 29.7 Å². The maximum atomic E-state index is 12.3. The molecule has 4 aromatic rings. The van der Waals surface area contributed by atoms with Crippen molar-refractivity contribution in [1.29, 1.82) is 0 Å². The first-order chi connectivity index (χ1) is 14.7. The molecule has 0 bridgehead atoms. The average Bonchev–Trinajstić information content (AvgIpc) is 3.43. The topological polar surface area (TPSA) is 90.9 Å². The third kappa shape index (κ3) is 4.60. The standard InChI is InChI=1S/C22H22N4O4/c1-28-16-7-9-17(10-8-16)29-15-18-11-12-19(30-18)22(27)23-13-4-6-21-25-24-20-5-2-3-14-26(20)21/h2-3,5,7-12,14H,4,6,13,15H2,1H3,(H,23,27). The number of ether oxygens (including phenoxy) is 2. The zero-order valence-corrected chi connectivity index (χ0v) is 16.6. The largest absolute Gasteiger partial charge is 0.497 e. The first-order valence-electron chi connectivity index (χ1n) is 9.65. The van der Waals surface area contributed by atoms with E-state index >= 15 is 0 Å². The fraction of sp³-hybridized carbons (Fsp3) is 0.227. The Morgan fingerprint density at radius 1 is 1.07 bits per heavy atom. The van der Waals surface area contributed by atoms with Crippen LogP contribution in [-0.2, 0) is 13.0 Å². The summed E-state index contributed by atoms with van der Waals surface area (Å²) in [5.41, 5.74) is 0.816. The molecule has 0 atom stereocenters. The van der Waals surface area contributed by atoms with Crippen LogP contribution >= 0.6 is 0 Å². The number of rotatable bonds is 9. The second kappa shape index (κ2) is 9.13. The highest BCUT2D eigenvalue weighted by atomic mass is 16.5. The van der Waals surface area contributed by atoms with Gasteiger partial charge in [-0.3, -0.25) is 9.20 Å². The van der Waals surface area contributed by atoms with E-state index in [-0.39, 0.29) is 18.3 Å². The molecule has 0 aliphatic heterocycles. The molecule has 4 rings (SSSR count). The highest BCUT2D eigenvalue weighted by Gasteiger charge is 2.12. The molecule has 8 heteroatoms. The lowest BCUT2D eigenvalue weighted by atomic mass is 10.3. The van der Waals surface area contributed by atoms with Crippen molar-refractivity contribution in [3.8, 4) is 11.5 Å². The third-order valence-corrected chi connectivity index (χ3v) is 4.57. The number of hydrogen-bond donors (Lipinski definition) is 1. The van der Waals surface area contributed by atoms with Gasteiger partial charge < -0.3 is 19.2 Å². The Morgan fingerprint density at radius 2 is 1.90 bits per heavy atom. The minimum atomic E-state index is -0.253. The SMILES string of the molecule is COc1ccc(OCc2ccc(C(=O)NCCCc3nnc4ccccn34)o2)cc1. The van der Waals surface area contributed by atoms with Crippen LogP contribution in [0.15, 0.2) is 65.2 Å². The zero-order valence-electron chi connectivity index (χ0n) is 16.6. The predicted octanol–water partition coefficient (Wildman–Crippen LogP) is 3.27. The maximum Gasteiger partial charge on any atom is 0.286 e. The predicted molar refractivity (Wildman–Crippen MR) is 110 cm³/mol. The molecule has 1 amide bonds. The molecule has 30 heavy (non-hydrogen) atoms. The molecule has 3 heterocycles. The van der Waals surface area contributed by atoms with Gasteiger partial charge in [0.05, 0.1) is 7.11 Å². The summed E-state index contributed by atoms with van der Waals surface area (Å²) in [6.07, 6.45) is 3.39. The number of amides is 1. The van der Waals surface area contributed by atoms with E-state index in [1.165, 1.54) is 0 Å². The van der Waals surface area contributed by atoms with Gasteiger partial charge in [0.15, 0.2) is 11.4 Å². The summed E-state index contributed by atoms with van der Waals surface area (Å²) in [6.45, 7) is 0.749. The number of aromatic nitrogens is 3. The van der Waals surface area contributed by atoms with E-state index < -0.39 is 0 Å². The van der Waals surface area contributed by atoms with Crippen LogP contribution < -0.4 is 14.8 Å². The molecular formula is C22H22N4O4. The number of pyridine rings is 1. The number of carbonyl (C=O) groups is 1. The molecular weight excluding hydrogens is 384 g/mol. The monoisotopic (exact) mass is 406 g/mol. The van der Waals surface area contributed by atoms with E-state index in [0.29, 0.717) is 24.5 Å². The van der Waals surface area contributed by atoms with Crippen LogP contribution in [-0.4, -0.2) is 34.2 Å². The van der Waals surface area contributed by atoms with Crippen molar-refractivity contribution < 1.29 is 18.7 Å². The van der Waals surface area contributed by atoms with E-state index in [1.807, 2.05) is 53.1 Å². The Balaban J connectivity index is 1.22. The lowest BCUT2D eigenvalue weighted by Crippen LogP contribution is -2.24. The van der Waals surface area contributed by atoms with E-state index in [2.05, 4.69) is 15.5 Å². The number of furan rings is 1. The quantitative estimate of drug-likeness (QED) is 0.429. The van der Waals surface area contributed by atoms with Crippen molar-refractivity contribution in [2.75, 3.05) is 13.7 Å². The number of hydrogen-bond acceptors (Lipinski definition) is 6. The number of nitrogens with one attached hydrogen (secondary N) is 1. The summed E-state index contributed by atoms with van der Waals surface area (Å²) < 4.78 is 18.3. The van der Waals surface area contributed by atoms with Crippen molar-refractivity contribution in [2.45, 2.75) is 19.4 Å². The Morgan fingerprint density at radius 3 is 2.73 bits per heavy atom. The van der Waals surface area contributed by atoms with Crippen LogP contribution in [0, 0.1) is 0 Å². The molecule has 0 saturated heterocycles. The van der Waals surface area contributed by atoms with E-state index in [4.69, 9.17) is 13.9 Å². The molecule has 0 fully saturated rings. The maximum absolute atomic E-state index is 12.3. The number of fused-ring (bicyclic) bond motifs is 1. The normalized spacial score (nSPS) is 10.8. The first-order valence-corrected chi connectivity index (χ1v) is 9.65. The van der Waals surface area contributed by atoms with Gasteiger partial charge >= 0.3 is 0 Å². The minimum absolute atomic E-state index is 0.236. The first kappa shape index (κ1) is 19.5. The van der Waals surface area contributed by atoms with Crippen molar-refractivity contribution in [1.82, 2.24) is 19.9 Å². The van der Waals surface area contributed by atoms with Crippen molar-refractivity contribution in [3.63, 3.8) is 0 Å². The fourth-order valence-corrected chi connectivity index (χ4v) is 3.00. The van der Waals surface area contributed by atoms with Gasteiger partial charge in [-0.2, -0.15) is 0 Å². The van der Waals surface area contributed by atoms with E-state index in [1.54, 1.807) is 19.2 Å². The van der Waals surface area contributed by atoms with Crippen LogP contribution in [0.25, 0.3) is 5.65 Å². The van der Waals surface area contributed by atoms with Crippen LogP contribution in [0.5, 0.6) is 11.5 Å². The highest BCUT2D eigenvalue weighted by molar-refractivity contribution is 5.91. The molecule has 0 radical (unpaired) electrons. The van der Waals surface area contributed by atoms with Crippen LogP contribution in [0.1, 0.15) is 28.6 Å². The minimum Gasteiger partial charge on any atom is -0.497 e. The summed E-state index contributed by atoms with van der Waals surface area (Å²) >= 11 is 0. The van der Waals surface area contributed by atoms with Crippen molar-refractivity contribution in [3.05, 3.63) is 78.1 Å². The molecule has 0 aliphatic rings. The van der Waals surface area contributed by atoms with Gasteiger partial charge in [-0.1, -0.05) is 6.07 Å². The third-order valence-electron chi connectivity index (χ3n) is 4.57. The average molecular weight is 406 g/mol. The highest BCUT2D eigenvalue weighted by Crippen LogP contribution is 2.19. The number of carbonyl (C=O) groups excluding carboxylic acids is 1. The molecule has 3 aromatic heterocycles. The summed E-state index contributed by atoms with van der Waals surface area (Å²) in [5.74, 6) is 2.91. The lowest BCUT2D eigenvalue weighted by Gasteiger charge is -2.05. The Kier molecular flexibility index (Phi) is 5.93. The van der Waals surface area contributed by atoms with Crippen LogP contribution in [0.2, 0.25) is 0 Å². The molecule has 0 aliphatic carbocycles. The molecule has 0 saturated carbocycles. The van der Waals surface area contributed by atoms with Gasteiger partial charge in [-0.15, -0.1) is 10.2 Å². The van der Waals surface area contributed by atoms with Crippen LogP contribution in [0.4, 0.5) is 0 Å². The fourth-order valence-electron chi connectivity index (χ4n) is 3.00. The summed E-state index contributed by atoms with van der Waals surface area (Å²) in [5, 5.41) is 11.2. The molecule has 1 aromatic carbocycles. The molecule has 1 N–H and O–H groups in total. The summed E-state index contributed by atoms with van der Waals surface area (Å²) in [6, 6.07) is 16.4. The second-order valence-corrected chi connectivity index (χ2v) is 6.63. The van der Waals surface area contributed by atoms with Gasteiger partial charge in [0.2, 0.25) is 0 Å². The van der Waals surface area contributed by atoms with E-state index in [0.717, 1.165) is 23.6 Å². The van der Waals surface area contributed by atoms with Crippen LogP contribution in [0.3, 0.4) is 0 Å². The van der Waals surface area contributed by atoms with Gasteiger partial charge in [-0.05, 0) is 55.0 Å². The molecule has 0 spiro atoms. The van der Waals surface area contributed by atoms with Crippen molar-refractivity contribution in [2.24, 2.45) is 0 Å². The molecule has 8 nitrogen and oxygen atoms in total. The number of aryl methyl sites for hydroxylation is 1. The smallest absolute Gasteiger partial charge is 0.286 e. The second-order valence-electron chi connectivity index (χ2n) is 6.63. The van der Waals surface area contributed by atoms with Gasteiger partial charge in [0.25, 0.3) is 5.91 Å². The van der Waals surface area contributed by atoms with Crippen molar-refractivity contribution >= 4 is 11.6 Å². The molecule has 0 unspecified atom stereocenters. The Labute approximate surface area is 173 Å². The number of methoxy groups -OCH3 is 1. The lowest BCUT2D eigenvalue weighted by molar-refractivity contribution is 0.0921. The Bertz CT molecular complexity index is 1120. The molecule has 154 valence electrons. The van der Waals surface area contributed by atoms with Gasteiger partial charge in [-0.25, -0.2) is 0 Å². The summed E-state index contributed by atoms with van der Waals surface area (Å²) in [7, 11) is 1.61. The van der Waals surface area contributed by atoms with Gasteiger partial charge in [0, 0.05) is 19.2 Å².